The molecule has 0 saturated carbocycles. The molecule has 98 valence electrons. The second kappa shape index (κ2) is 12.6. The summed E-state index contributed by atoms with van der Waals surface area (Å²) in [5.74, 6) is 0. The van der Waals surface area contributed by atoms with Crippen LogP contribution in [0.2, 0.25) is 0 Å². The van der Waals surface area contributed by atoms with Crippen molar-refractivity contribution in [3.05, 3.63) is 0 Å². The van der Waals surface area contributed by atoms with Crippen molar-refractivity contribution in [2.75, 3.05) is 0 Å². The van der Waals surface area contributed by atoms with Gasteiger partial charge in [-0.2, -0.15) is 16.8 Å². The Hall–Kier alpha value is 2.62. The Kier molecular flexibility index (Phi) is 24.6. The molecule has 0 rings (SSSR count). The molecular weight excluding hydrogens is 418 g/mol. The zero-order valence-corrected chi connectivity index (χ0v) is 15.3. The quantitative estimate of drug-likeness (QED) is 0.397. The van der Waals surface area contributed by atoms with Gasteiger partial charge in [-0.15, -0.1) is 0 Å². The minimum atomic E-state index is -5.15. The van der Waals surface area contributed by atoms with Crippen molar-refractivity contribution >= 4 is 102 Å². The summed E-state index contributed by atoms with van der Waals surface area (Å²) in [7, 11) is -10.3. The molecule has 0 aliphatic carbocycles. The van der Waals surface area contributed by atoms with E-state index in [0.717, 1.165) is 0 Å². The van der Waals surface area contributed by atoms with Crippen LogP contribution in [0.15, 0.2) is 0 Å². The van der Waals surface area contributed by atoms with Crippen LogP contribution in [0.4, 0.5) is 4.79 Å². The summed E-state index contributed by atoms with van der Waals surface area (Å²) in [6, 6.07) is 0. The van der Waals surface area contributed by atoms with Crippen LogP contribution in [0.5, 0.6) is 0 Å². The first-order valence-electron chi connectivity index (χ1n) is 1.98. The number of rotatable bonds is 2. The van der Waals surface area contributed by atoms with Gasteiger partial charge >= 0.3 is 102 Å². The van der Waals surface area contributed by atoms with Crippen LogP contribution in [-0.4, -0.2) is 108 Å². The Morgan fingerprint density at radius 2 is 1.06 bits per heavy atom. The van der Waals surface area contributed by atoms with E-state index < -0.39 is 27.0 Å². The summed E-state index contributed by atoms with van der Waals surface area (Å²) in [5, 5.41) is 0. The van der Waals surface area contributed by atoms with Crippen molar-refractivity contribution in [1.29, 1.82) is 0 Å². The fraction of sp³-hybridized carbons (Fsp3) is 0. The molecule has 0 fully saturated rings. The Morgan fingerprint density at radius 1 is 0.875 bits per heavy atom. The fourth-order valence-electron chi connectivity index (χ4n) is 0.186. The van der Waals surface area contributed by atoms with Gasteiger partial charge in [-0.1, -0.05) is 0 Å². The van der Waals surface area contributed by atoms with Crippen LogP contribution in [0.1, 0.15) is 5.71 Å². The molecule has 0 aromatic heterocycles. The predicted octanol–water partition coefficient (Wildman–Crippen LogP) is -1.57. The summed E-state index contributed by atoms with van der Waals surface area (Å²) in [4.78, 5) is 9.95. The summed E-state index contributed by atoms with van der Waals surface area (Å²) < 4.78 is 60.1. The number of hydrogen-bond acceptors (Lipinski definition) is 7. The Labute approximate surface area is 178 Å². The average molecular weight is 424 g/mol. The van der Waals surface area contributed by atoms with Crippen LogP contribution >= 0.6 is 0 Å². The van der Waals surface area contributed by atoms with E-state index in [0.29, 0.717) is 0 Å². The molecule has 0 aliphatic heterocycles. The molecule has 0 aromatic carbocycles. The van der Waals surface area contributed by atoms with E-state index in [2.05, 4.69) is 8.37 Å². The summed E-state index contributed by atoms with van der Waals surface area (Å²) in [6.07, 6.45) is -2.29. The van der Waals surface area contributed by atoms with Crippen LogP contribution in [0.25, 0.3) is 0 Å². The molecule has 0 bridgehead atoms. The number of carbonyl (C=O) groups is 1. The molecule has 16 heavy (non-hydrogen) atoms. The van der Waals surface area contributed by atoms with Crippen LogP contribution in [0.3, 0.4) is 0 Å². The first kappa shape index (κ1) is 31.2. The van der Waals surface area contributed by atoms with E-state index in [9.17, 15) is 21.6 Å². The minimum Gasteiger partial charge on any atom is -1.00 e. The third-order valence-electron chi connectivity index (χ3n) is 0.347. The maximum absolute atomic E-state index is 9.95. The fourth-order valence-corrected chi connectivity index (χ4v) is 0.641. The molecular formula is CH6Ca2Co2O9S2. The SMILES string of the molecule is O=C(OS(=O)(=O)O)OS(=O)(=O)O.[Ca+2].[Ca+2].[Co].[Co].[H-].[H-].[H-].[H-]. The Morgan fingerprint density at radius 3 is 1.19 bits per heavy atom. The molecule has 0 amide bonds. The first-order chi connectivity index (χ1) is 5.10. The van der Waals surface area contributed by atoms with Crippen molar-refractivity contribution in [2.24, 2.45) is 0 Å². The van der Waals surface area contributed by atoms with Gasteiger partial charge in [0.2, 0.25) is 0 Å². The molecule has 15 heteroatoms. The maximum atomic E-state index is 9.95. The standard InChI is InChI=1S/CH2O9S2.2Ca.2Co.4H/c2-1(9-11(3,4)5)10-12(6,7)8;;;;;;;;/h(H,3,4,5)(H,6,7,8);;;;;;;;/q;2*+2;;;4*-1. The topological polar surface area (TPSA) is 144 Å². The number of hydrogen-bond donors (Lipinski definition) is 2. The summed E-state index contributed by atoms with van der Waals surface area (Å²) >= 11 is 0. The molecule has 0 aromatic rings. The van der Waals surface area contributed by atoms with Crippen LogP contribution in [0, 0.1) is 0 Å². The largest absolute Gasteiger partial charge is 2.00 e. The van der Waals surface area contributed by atoms with Crippen molar-refractivity contribution in [2.45, 2.75) is 0 Å². The molecule has 0 saturated heterocycles. The molecule has 0 spiro atoms. The zero-order valence-electron chi connectivity index (χ0n) is 11.1. The maximum Gasteiger partial charge on any atom is 2.00 e. The van der Waals surface area contributed by atoms with E-state index in [1.165, 1.54) is 0 Å². The smallest absolute Gasteiger partial charge is 1.00 e. The van der Waals surface area contributed by atoms with Crippen molar-refractivity contribution in [3.63, 3.8) is 0 Å². The van der Waals surface area contributed by atoms with Crippen molar-refractivity contribution in [3.8, 4) is 0 Å². The van der Waals surface area contributed by atoms with E-state index in [4.69, 9.17) is 9.11 Å². The van der Waals surface area contributed by atoms with Crippen LogP contribution < -0.4 is 0 Å². The van der Waals surface area contributed by atoms with Gasteiger partial charge in [0, 0.05) is 33.6 Å². The average Bonchev–Trinajstić information content (AvgIpc) is 1.49. The van der Waals surface area contributed by atoms with Gasteiger partial charge in [0.15, 0.2) is 0 Å². The molecule has 9 nitrogen and oxygen atoms in total. The third-order valence-corrected chi connectivity index (χ3v) is 1.04. The van der Waals surface area contributed by atoms with E-state index in [1.54, 1.807) is 0 Å². The monoisotopic (exact) mass is 424 g/mol. The van der Waals surface area contributed by atoms with Crippen LogP contribution in [-0.2, 0) is 62.7 Å². The molecule has 0 aliphatic rings. The third kappa shape index (κ3) is 25.5. The van der Waals surface area contributed by atoms with Gasteiger partial charge in [0.05, 0.1) is 0 Å². The molecule has 2 N–H and O–H groups in total. The zero-order chi connectivity index (χ0) is 9.99. The molecule has 0 unspecified atom stereocenters. The van der Waals surface area contributed by atoms with E-state index in [-0.39, 0.29) is 115 Å². The normalized spacial score (nSPS) is 9.12. The predicted molar refractivity (Wildman–Crippen MR) is 46.6 cm³/mol. The van der Waals surface area contributed by atoms with Crippen molar-refractivity contribution < 1.29 is 78.4 Å². The van der Waals surface area contributed by atoms with Gasteiger partial charge in [0.25, 0.3) is 0 Å². The molecule has 2 radical (unpaired) electrons. The van der Waals surface area contributed by atoms with E-state index in [1.807, 2.05) is 0 Å². The second-order valence-corrected chi connectivity index (χ2v) is 3.32. The van der Waals surface area contributed by atoms with E-state index >= 15 is 0 Å². The summed E-state index contributed by atoms with van der Waals surface area (Å²) in [6.45, 7) is 0. The van der Waals surface area contributed by atoms with Gasteiger partial charge in [-0.3, -0.25) is 17.5 Å². The summed E-state index contributed by atoms with van der Waals surface area (Å²) in [5.41, 5.74) is 0. The molecule has 0 heterocycles. The van der Waals surface area contributed by atoms with Gasteiger partial charge in [-0.05, 0) is 0 Å². The Balaban J connectivity index is -0.0000000216. The Bertz CT molecular complexity index is 351. The molecule has 0 atom stereocenters. The number of carbonyl (C=O) groups excluding carboxylic acids is 1. The van der Waals surface area contributed by atoms with Gasteiger partial charge in [0.1, 0.15) is 0 Å². The van der Waals surface area contributed by atoms with Gasteiger partial charge < -0.3 is 5.71 Å². The first-order valence-corrected chi connectivity index (χ1v) is 4.71. The van der Waals surface area contributed by atoms with Gasteiger partial charge in [-0.25, -0.2) is 4.79 Å². The second-order valence-electron chi connectivity index (χ2n) is 1.27. The minimum absolute atomic E-state index is 0. The van der Waals surface area contributed by atoms with Crippen molar-refractivity contribution in [1.82, 2.24) is 0 Å².